The Morgan fingerprint density at radius 2 is 1.78 bits per heavy atom. The lowest BCUT2D eigenvalue weighted by molar-refractivity contribution is -0.329. The molecule has 1 unspecified atom stereocenters. The Balaban J connectivity index is 1.58. The first-order chi connectivity index (χ1) is 14.9. The molecule has 0 aromatic carbocycles. The molecule has 0 radical (unpaired) electrons. The zero-order chi connectivity index (χ0) is 23.6. The SMILES string of the molecule is CCC(C)C(=O)O[C@H]1[C@H](O[C@]2(C)CC[C@@H]3[C@H]([C@@H]4[C@H](C)CC[C@@H]42)C3(C)C)O[C@H](C)[C@H](O)[C@@H]1O. The van der Waals surface area contributed by atoms with E-state index in [-0.39, 0.29) is 5.92 Å². The van der Waals surface area contributed by atoms with E-state index in [2.05, 4.69) is 27.7 Å². The van der Waals surface area contributed by atoms with E-state index in [0.717, 1.165) is 31.1 Å². The number of hydrogen-bond donors (Lipinski definition) is 2. The molecule has 3 aliphatic carbocycles. The van der Waals surface area contributed by atoms with E-state index in [9.17, 15) is 15.0 Å². The van der Waals surface area contributed by atoms with Crippen LogP contribution in [0, 0.1) is 40.9 Å². The molecule has 0 spiro atoms. The van der Waals surface area contributed by atoms with Gasteiger partial charge in [0, 0.05) is 0 Å². The van der Waals surface area contributed by atoms with Gasteiger partial charge in [-0.1, -0.05) is 41.0 Å². The molecular formula is C26H44O6. The Kier molecular flexibility index (Phi) is 6.50. The average molecular weight is 453 g/mol. The van der Waals surface area contributed by atoms with Crippen molar-refractivity contribution in [1.82, 2.24) is 0 Å². The summed E-state index contributed by atoms with van der Waals surface area (Å²) in [7, 11) is 0. The van der Waals surface area contributed by atoms with Crippen LogP contribution in [0.5, 0.6) is 0 Å². The second-order valence-corrected chi connectivity index (χ2v) is 12.1. The normalized spacial score (nSPS) is 50.7. The molecule has 4 rings (SSSR count). The van der Waals surface area contributed by atoms with Gasteiger partial charge in [0.15, 0.2) is 12.4 Å². The number of ether oxygens (including phenoxy) is 3. The average Bonchev–Trinajstić information content (AvgIpc) is 3.11. The number of aliphatic hydroxyl groups is 2. The highest BCUT2D eigenvalue weighted by Crippen LogP contribution is 2.71. The fraction of sp³-hybridized carbons (Fsp3) is 0.962. The van der Waals surface area contributed by atoms with Gasteiger partial charge in [0.05, 0.1) is 17.6 Å². The highest BCUT2D eigenvalue weighted by Gasteiger charge is 2.67. The summed E-state index contributed by atoms with van der Waals surface area (Å²) < 4.78 is 18.5. The van der Waals surface area contributed by atoms with Crippen LogP contribution in [0.1, 0.15) is 80.6 Å². The second kappa shape index (κ2) is 8.51. The summed E-state index contributed by atoms with van der Waals surface area (Å²) in [6, 6.07) is 0. The van der Waals surface area contributed by atoms with Crippen LogP contribution in [-0.2, 0) is 19.0 Å². The zero-order valence-corrected chi connectivity index (χ0v) is 20.9. The van der Waals surface area contributed by atoms with Crippen LogP contribution in [0.4, 0.5) is 0 Å². The second-order valence-electron chi connectivity index (χ2n) is 12.1. The Morgan fingerprint density at radius 3 is 2.44 bits per heavy atom. The molecule has 6 nitrogen and oxygen atoms in total. The number of aliphatic hydroxyl groups excluding tert-OH is 2. The highest BCUT2D eigenvalue weighted by atomic mass is 16.7. The summed E-state index contributed by atoms with van der Waals surface area (Å²) in [5.41, 5.74) is -0.000282. The maximum Gasteiger partial charge on any atom is 0.309 e. The van der Waals surface area contributed by atoms with Crippen molar-refractivity contribution < 1.29 is 29.2 Å². The third-order valence-electron chi connectivity index (χ3n) is 9.78. The Hall–Kier alpha value is -0.690. The lowest BCUT2D eigenvalue weighted by Crippen LogP contribution is -2.61. The van der Waals surface area contributed by atoms with Gasteiger partial charge in [0.1, 0.15) is 12.2 Å². The van der Waals surface area contributed by atoms with Gasteiger partial charge in [-0.3, -0.25) is 4.79 Å². The quantitative estimate of drug-likeness (QED) is 0.615. The molecular weight excluding hydrogens is 408 g/mol. The van der Waals surface area contributed by atoms with Gasteiger partial charge in [0.25, 0.3) is 0 Å². The molecule has 184 valence electrons. The van der Waals surface area contributed by atoms with Gasteiger partial charge >= 0.3 is 5.97 Å². The first kappa shape index (κ1) is 24.4. The predicted octanol–water partition coefficient (Wildman–Crippen LogP) is 3.91. The van der Waals surface area contributed by atoms with E-state index >= 15 is 0 Å². The van der Waals surface area contributed by atoms with Crippen molar-refractivity contribution in [1.29, 1.82) is 0 Å². The first-order valence-corrected chi connectivity index (χ1v) is 12.8. The van der Waals surface area contributed by atoms with E-state index in [1.165, 1.54) is 6.42 Å². The minimum absolute atomic E-state index is 0.290. The Bertz CT molecular complexity index is 708. The molecule has 4 aliphatic rings. The van der Waals surface area contributed by atoms with Gasteiger partial charge in [0.2, 0.25) is 0 Å². The molecule has 0 aromatic heterocycles. The van der Waals surface area contributed by atoms with E-state index in [0.29, 0.717) is 29.6 Å². The van der Waals surface area contributed by atoms with Crippen molar-refractivity contribution in [2.45, 2.75) is 117 Å². The van der Waals surface area contributed by atoms with Crippen molar-refractivity contribution >= 4 is 5.97 Å². The fourth-order valence-corrected chi connectivity index (χ4v) is 7.32. The van der Waals surface area contributed by atoms with Crippen LogP contribution in [0.25, 0.3) is 0 Å². The number of carbonyl (C=O) groups is 1. The molecule has 0 aromatic rings. The van der Waals surface area contributed by atoms with Gasteiger partial charge < -0.3 is 24.4 Å². The standard InChI is InChI=1S/C26H44O6/c1-8-13(2)23(29)31-22-21(28)20(27)15(4)30-24(22)32-26(7)12-11-17-19(25(17,5)6)18-14(3)9-10-16(18)26/h13-22,24,27-28H,8-12H2,1-7H3/t13?,14-,15-,16+,17-,18-,19-,20+,21+,22-,24+,26-/m1/s1. The number of hydrogen-bond acceptors (Lipinski definition) is 6. The molecule has 1 aliphatic heterocycles. The lowest BCUT2D eigenvalue weighted by atomic mass is 9.74. The van der Waals surface area contributed by atoms with Gasteiger partial charge in [-0.2, -0.15) is 0 Å². The zero-order valence-electron chi connectivity index (χ0n) is 20.9. The molecule has 1 saturated heterocycles. The van der Waals surface area contributed by atoms with Crippen LogP contribution in [0.15, 0.2) is 0 Å². The molecule has 4 fully saturated rings. The molecule has 6 heteroatoms. The van der Waals surface area contributed by atoms with Crippen LogP contribution in [0.2, 0.25) is 0 Å². The van der Waals surface area contributed by atoms with Crippen molar-refractivity contribution in [3.63, 3.8) is 0 Å². The van der Waals surface area contributed by atoms with Gasteiger partial charge in [-0.15, -0.1) is 0 Å². The maximum atomic E-state index is 12.6. The third-order valence-corrected chi connectivity index (χ3v) is 9.78. The van der Waals surface area contributed by atoms with Crippen LogP contribution in [0.3, 0.4) is 0 Å². The summed E-state index contributed by atoms with van der Waals surface area (Å²) >= 11 is 0. The van der Waals surface area contributed by atoms with Crippen LogP contribution in [-0.4, -0.2) is 52.5 Å². The van der Waals surface area contributed by atoms with Gasteiger partial charge in [-0.05, 0) is 74.5 Å². The van der Waals surface area contributed by atoms with Crippen molar-refractivity contribution in [3.05, 3.63) is 0 Å². The molecule has 0 amide bonds. The van der Waals surface area contributed by atoms with Crippen LogP contribution < -0.4 is 0 Å². The number of carbonyl (C=O) groups excluding carboxylic acids is 1. The smallest absolute Gasteiger partial charge is 0.309 e. The fourth-order valence-electron chi connectivity index (χ4n) is 7.32. The van der Waals surface area contributed by atoms with E-state index in [1.54, 1.807) is 13.8 Å². The number of fused-ring (bicyclic) bond motifs is 3. The predicted molar refractivity (Wildman–Crippen MR) is 121 cm³/mol. The Morgan fingerprint density at radius 1 is 1.09 bits per heavy atom. The summed E-state index contributed by atoms with van der Waals surface area (Å²) in [5.74, 6) is 2.52. The van der Waals surface area contributed by atoms with Crippen molar-refractivity contribution in [2.24, 2.45) is 40.9 Å². The Labute approximate surface area is 193 Å². The number of rotatable bonds is 5. The molecule has 0 bridgehead atoms. The molecule has 3 saturated carbocycles. The topological polar surface area (TPSA) is 85.2 Å². The summed E-state index contributed by atoms with van der Waals surface area (Å²) in [4.78, 5) is 12.6. The number of esters is 1. The molecule has 12 atom stereocenters. The minimum Gasteiger partial charge on any atom is -0.454 e. The molecule has 1 heterocycles. The minimum atomic E-state index is -1.24. The van der Waals surface area contributed by atoms with Crippen LogP contribution >= 0.6 is 0 Å². The van der Waals surface area contributed by atoms with E-state index in [1.807, 2.05) is 6.92 Å². The summed E-state index contributed by atoms with van der Waals surface area (Å²) in [5, 5.41) is 21.2. The lowest BCUT2D eigenvalue weighted by Gasteiger charge is -2.47. The monoisotopic (exact) mass is 452 g/mol. The summed E-state index contributed by atoms with van der Waals surface area (Å²) in [6.07, 6.45) is 0.153. The third kappa shape index (κ3) is 3.93. The van der Waals surface area contributed by atoms with Crippen molar-refractivity contribution in [3.8, 4) is 0 Å². The molecule has 2 N–H and O–H groups in total. The first-order valence-electron chi connectivity index (χ1n) is 12.8. The van der Waals surface area contributed by atoms with Crippen molar-refractivity contribution in [2.75, 3.05) is 0 Å². The van der Waals surface area contributed by atoms with E-state index in [4.69, 9.17) is 14.2 Å². The van der Waals surface area contributed by atoms with Gasteiger partial charge in [-0.25, -0.2) is 0 Å². The largest absolute Gasteiger partial charge is 0.454 e. The summed E-state index contributed by atoms with van der Waals surface area (Å²) in [6.45, 7) is 14.9. The maximum absolute atomic E-state index is 12.6. The van der Waals surface area contributed by atoms with E-state index < -0.39 is 42.3 Å². The highest BCUT2D eigenvalue weighted by molar-refractivity contribution is 5.72. The molecule has 32 heavy (non-hydrogen) atoms.